The van der Waals surface area contributed by atoms with Crippen LogP contribution in [0.15, 0.2) is 5.16 Å². The minimum atomic E-state index is -1.06. The molecule has 1 rings (SSSR count). The maximum Gasteiger partial charge on any atom is 0.239 e. The summed E-state index contributed by atoms with van der Waals surface area (Å²) in [5.74, 6) is -0.608. The summed E-state index contributed by atoms with van der Waals surface area (Å²) < 4.78 is 0. The van der Waals surface area contributed by atoms with E-state index in [4.69, 9.17) is 10.9 Å². The van der Waals surface area contributed by atoms with Crippen LogP contribution in [0.5, 0.6) is 0 Å². The van der Waals surface area contributed by atoms with Crippen LogP contribution in [-0.2, 0) is 9.59 Å². The zero-order valence-corrected chi connectivity index (χ0v) is 10.1. The van der Waals surface area contributed by atoms with Crippen LogP contribution in [0.2, 0.25) is 0 Å². The molecule has 7 nitrogen and oxygen atoms in total. The van der Waals surface area contributed by atoms with Crippen molar-refractivity contribution < 1.29 is 14.8 Å². The Balaban J connectivity index is 2.89. The number of nitrogens with one attached hydrogen (secondary N) is 1. The van der Waals surface area contributed by atoms with Gasteiger partial charge in [0.25, 0.3) is 0 Å². The van der Waals surface area contributed by atoms with E-state index in [0.29, 0.717) is 19.5 Å². The number of hydrogen-bond acceptors (Lipinski definition) is 4. The summed E-state index contributed by atoms with van der Waals surface area (Å²) in [6.07, 6.45) is 0.403. The first-order chi connectivity index (χ1) is 7.95. The number of rotatable bonds is 3. The summed E-state index contributed by atoms with van der Waals surface area (Å²) in [7, 11) is 0. The van der Waals surface area contributed by atoms with E-state index < -0.39 is 5.41 Å². The lowest BCUT2D eigenvalue weighted by Crippen LogP contribution is -2.56. The van der Waals surface area contributed by atoms with Gasteiger partial charge in [0, 0.05) is 13.1 Å². The summed E-state index contributed by atoms with van der Waals surface area (Å²) in [5.41, 5.74) is 4.49. The van der Waals surface area contributed by atoms with Crippen molar-refractivity contribution in [2.75, 3.05) is 19.6 Å². The van der Waals surface area contributed by atoms with E-state index >= 15 is 0 Å². The molecule has 0 aromatic heterocycles. The quantitative estimate of drug-likeness (QED) is 0.258. The molecule has 0 aromatic carbocycles. The Morgan fingerprint density at radius 2 is 2.35 bits per heavy atom. The topological polar surface area (TPSA) is 108 Å². The summed E-state index contributed by atoms with van der Waals surface area (Å²) >= 11 is 0. The monoisotopic (exact) mass is 242 g/mol. The molecular weight excluding hydrogens is 224 g/mol. The first-order valence-corrected chi connectivity index (χ1v) is 5.49. The number of amides is 2. The second kappa shape index (κ2) is 5.03. The van der Waals surface area contributed by atoms with Crippen LogP contribution < -0.4 is 11.1 Å². The van der Waals surface area contributed by atoms with Crippen molar-refractivity contribution in [3.05, 3.63) is 0 Å². The highest BCUT2D eigenvalue weighted by Crippen LogP contribution is 2.24. The minimum Gasteiger partial charge on any atom is -0.409 e. The number of piperazine rings is 1. The zero-order valence-electron chi connectivity index (χ0n) is 10.1. The van der Waals surface area contributed by atoms with Gasteiger partial charge < -0.3 is 21.2 Å². The van der Waals surface area contributed by atoms with E-state index in [1.807, 2.05) is 0 Å². The molecule has 4 N–H and O–H groups in total. The van der Waals surface area contributed by atoms with Crippen molar-refractivity contribution in [1.29, 1.82) is 0 Å². The van der Waals surface area contributed by atoms with Crippen molar-refractivity contribution in [2.24, 2.45) is 16.3 Å². The van der Waals surface area contributed by atoms with Crippen molar-refractivity contribution in [1.82, 2.24) is 10.2 Å². The fourth-order valence-electron chi connectivity index (χ4n) is 1.71. The van der Waals surface area contributed by atoms with Gasteiger partial charge in [0.1, 0.15) is 5.41 Å². The molecule has 96 valence electrons. The van der Waals surface area contributed by atoms with E-state index in [1.54, 1.807) is 13.8 Å². The van der Waals surface area contributed by atoms with Crippen molar-refractivity contribution in [3.8, 4) is 0 Å². The molecule has 1 aliphatic rings. The molecule has 1 saturated heterocycles. The average Bonchev–Trinajstić information content (AvgIpc) is 2.35. The van der Waals surface area contributed by atoms with Crippen LogP contribution in [0.1, 0.15) is 20.3 Å². The molecule has 1 unspecified atom stereocenters. The number of hydrogen-bond donors (Lipinski definition) is 3. The third kappa shape index (κ3) is 2.48. The number of oxime groups is 1. The van der Waals surface area contributed by atoms with E-state index in [9.17, 15) is 9.59 Å². The molecular formula is C10H18N4O3. The molecule has 0 bridgehead atoms. The highest BCUT2D eigenvalue weighted by atomic mass is 16.4. The second-order valence-electron chi connectivity index (χ2n) is 4.25. The highest BCUT2D eigenvalue weighted by Gasteiger charge is 2.40. The fourth-order valence-corrected chi connectivity index (χ4v) is 1.71. The van der Waals surface area contributed by atoms with Gasteiger partial charge in [-0.3, -0.25) is 9.59 Å². The molecule has 0 aromatic rings. The van der Waals surface area contributed by atoms with Crippen LogP contribution >= 0.6 is 0 Å². The van der Waals surface area contributed by atoms with E-state index in [-0.39, 0.29) is 24.2 Å². The first kappa shape index (κ1) is 13.3. The molecule has 1 aliphatic heterocycles. The van der Waals surface area contributed by atoms with Gasteiger partial charge in [-0.05, 0) is 13.3 Å². The molecule has 0 saturated carbocycles. The Morgan fingerprint density at radius 3 is 2.82 bits per heavy atom. The average molecular weight is 242 g/mol. The van der Waals surface area contributed by atoms with Gasteiger partial charge in [0.2, 0.25) is 11.8 Å². The largest absolute Gasteiger partial charge is 0.409 e. The molecule has 0 spiro atoms. The van der Waals surface area contributed by atoms with Crippen molar-refractivity contribution in [2.45, 2.75) is 20.3 Å². The zero-order chi connectivity index (χ0) is 13.1. The van der Waals surface area contributed by atoms with Crippen LogP contribution in [-0.4, -0.2) is 47.4 Å². The molecule has 0 radical (unpaired) electrons. The van der Waals surface area contributed by atoms with Crippen LogP contribution in [0.25, 0.3) is 0 Å². The maximum absolute atomic E-state index is 12.3. The Labute approximate surface area is 99.6 Å². The SMILES string of the molecule is CCC(C)(C(=O)N1CCNC(=O)C1)C(N)=NO. The van der Waals surface area contributed by atoms with Gasteiger partial charge in [-0.1, -0.05) is 12.1 Å². The van der Waals surface area contributed by atoms with E-state index in [1.165, 1.54) is 4.90 Å². The van der Waals surface area contributed by atoms with Crippen LogP contribution in [0.3, 0.4) is 0 Å². The predicted molar refractivity (Wildman–Crippen MR) is 61.4 cm³/mol. The van der Waals surface area contributed by atoms with Gasteiger partial charge in [-0.2, -0.15) is 0 Å². The lowest BCUT2D eigenvalue weighted by Gasteiger charge is -2.34. The number of carbonyl (C=O) groups excluding carboxylic acids is 2. The second-order valence-corrected chi connectivity index (χ2v) is 4.25. The maximum atomic E-state index is 12.3. The Bertz CT molecular complexity index is 355. The third-order valence-electron chi connectivity index (χ3n) is 3.18. The van der Waals surface area contributed by atoms with Gasteiger partial charge in [-0.15, -0.1) is 0 Å². The molecule has 17 heavy (non-hydrogen) atoms. The molecule has 1 fully saturated rings. The summed E-state index contributed by atoms with van der Waals surface area (Å²) in [5, 5.41) is 14.3. The number of nitrogens with two attached hydrogens (primary N) is 1. The van der Waals surface area contributed by atoms with Crippen LogP contribution in [0.4, 0.5) is 0 Å². The van der Waals surface area contributed by atoms with Gasteiger partial charge in [0.05, 0.1) is 6.54 Å². The van der Waals surface area contributed by atoms with E-state index in [0.717, 1.165) is 0 Å². The molecule has 2 amide bonds. The Kier molecular flexibility index (Phi) is 3.93. The van der Waals surface area contributed by atoms with Gasteiger partial charge >= 0.3 is 0 Å². The standard InChI is InChI=1S/C10H18N4O3/c1-3-10(2,8(11)13-17)9(16)14-5-4-12-7(15)6-14/h17H,3-6H2,1-2H3,(H2,11,13)(H,12,15). The number of carbonyl (C=O) groups is 2. The van der Waals surface area contributed by atoms with Crippen molar-refractivity contribution >= 4 is 17.6 Å². The summed E-state index contributed by atoms with van der Waals surface area (Å²) in [6, 6.07) is 0. The first-order valence-electron chi connectivity index (χ1n) is 5.49. The molecule has 1 heterocycles. The number of nitrogens with zero attached hydrogens (tertiary/aromatic N) is 2. The molecule has 1 atom stereocenters. The minimum absolute atomic E-state index is 0.0210. The Morgan fingerprint density at radius 1 is 1.71 bits per heavy atom. The fraction of sp³-hybridized carbons (Fsp3) is 0.700. The van der Waals surface area contributed by atoms with Gasteiger partial charge in [0.15, 0.2) is 5.84 Å². The third-order valence-corrected chi connectivity index (χ3v) is 3.18. The summed E-state index contributed by atoms with van der Waals surface area (Å²) in [4.78, 5) is 24.9. The lowest BCUT2D eigenvalue weighted by molar-refractivity contribution is -0.143. The van der Waals surface area contributed by atoms with E-state index in [2.05, 4.69) is 10.5 Å². The van der Waals surface area contributed by atoms with Crippen molar-refractivity contribution in [3.63, 3.8) is 0 Å². The smallest absolute Gasteiger partial charge is 0.239 e. The Hall–Kier alpha value is -1.79. The van der Waals surface area contributed by atoms with Gasteiger partial charge in [-0.25, -0.2) is 0 Å². The van der Waals surface area contributed by atoms with Crippen LogP contribution in [0, 0.1) is 5.41 Å². The number of amidine groups is 1. The molecule has 0 aliphatic carbocycles. The lowest BCUT2D eigenvalue weighted by atomic mass is 9.84. The predicted octanol–water partition coefficient (Wildman–Crippen LogP) is -0.892. The summed E-state index contributed by atoms with van der Waals surface area (Å²) in [6.45, 7) is 4.28. The highest BCUT2D eigenvalue weighted by molar-refractivity contribution is 6.07. The normalized spacial score (nSPS) is 20.7. The molecule has 7 heteroatoms.